The number of carbonyl (C=O) groups is 2. The number of aliphatic imine (C=N–C) groups is 1. The molecule has 2 aromatic carbocycles. The minimum atomic E-state index is -0.596. The smallest absolute Gasteiger partial charge is 0.238 e. The van der Waals surface area contributed by atoms with Crippen LogP contribution in [-0.4, -0.2) is 40.8 Å². The molecule has 1 fully saturated rings. The van der Waals surface area contributed by atoms with Gasteiger partial charge in [0.05, 0.1) is 12.8 Å². The number of benzene rings is 2. The molecule has 1 saturated heterocycles. The van der Waals surface area contributed by atoms with Gasteiger partial charge in [0.25, 0.3) is 0 Å². The number of halogens is 2. The highest BCUT2D eigenvalue weighted by Crippen LogP contribution is 2.31. The van der Waals surface area contributed by atoms with Crippen molar-refractivity contribution in [2.24, 2.45) is 4.99 Å². The van der Waals surface area contributed by atoms with Crippen molar-refractivity contribution in [2.75, 3.05) is 19.0 Å². The molecule has 0 aromatic heterocycles. The summed E-state index contributed by atoms with van der Waals surface area (Å²) in [5.74, 6) is 0.271. The SMILES string of the molecule is CCN1C(=O)C[C@H](C(=O)Nc2ccc(OC)cc2)SC1=Nc1cc(Cl)cc(Cl)c1. The van der Waals surface area contributed by atoms with Gasteiger partial charge in [-0.3, -0.25) is 14.5 Å². The van der Waals surface area contributed by atoms with Crippen LogP contribution in [0.25, 0.3) is 0 Å². The van der Waals surface area contributed by atoms with Crippen molar-refractivity contribution in [1.82, 2.24) is 4.90 Å². The van der Waals surface area contributed by atoms with Crippen LogP contribution in [0.1, 0.15) is 13.3 Å². The number of amides is 2. The summed E-state index contributed by atoms with van der Waals surface area (Å²) >= 11 is 13.3. The quantitative estimate of drug-likeness (QED) is 0.695. The zero-order chi connectivity index (χ0) is 21.0. The van der Waals surface area contributed by atoms with Crippen molar-refractivity contribution in [1.29, 1.82) is 0 Å². The molecular weight excluding hydrogens is 433 g/mol. The maximum absolute atomic E-state index is 12.7. The predicted octanol–water partition coefficient (Wildman–Crippen LogP) is 4.98. The molecule has 29 heavy (non-hydrogen) atoms. The third-order valence-corrected chi connectivity index (χ3v) is 5.80. The molecule has 0 bridgehead atoms. The maximum atomic E-state index is 12.7. The van der Waals surface area contributed by atoms with Crippen LogP contribution in [-0.2, 0) is 9.59 Å². The van der Waals surface area contributed by atoms with E-state index in [1.165, 1.54) is 11.8 Å². The van der Waals surface area contributed by atoms with Crippen LogP contribution in [0.5, 0.6) is 5.75 Å². The Labute approximate surface area is 183 Å². The summed E-state index contributed by atoms with van der Waals surface area (Å²) in [5, 5.41) is 3.57. The Bertz CT molecular complexity index is 930. The van der Waals surface area contributed by atoms with Crippen LogP contribution in [0.4, 0.5) is 11.4 Å². The van der Waals surface area contributed by atoms with Crippen molar-refractivity contribution in [3.8, 4) is 5.75 Å². The van der Waals surface area contributed by atoms with Gasteiger partial charge in [-0.2, -0.15) is 0 Å². The Hall–Kier alpha value is -2.22. The fraction of sp³-hybridized carbons (Fsp3) is 0.250. The number of hydrogen-bond donors (Lipinski definition) is 1. The number of hydrogen-bond acceptors (Lipinski definition) is 5. The van der Waals surface area contributed by atoms with Gasteiger partial charge in [-0.25, -0.2) is 4.99 Å². The van der Waals surface area contributed by atoms with E-state index in [-0.39, 0.29) is 18.2 Å². The number of amidine groups is 1. The predicted molar refractivity (Wildman–Crippen MR) is 119 cm³/mol. The molecule has 1 N–H and O–H groups in total. The lowest BCUT2D eigenvalue weighted by Gasteiger charge is -2.30. The van der Waals surface area contributed by atoms with Gasteiger partial charge in [0.1, 0.15) is 11.0 Å². The van der Waals surface area contributed by atoms with Crippen LogP contribution in [0.3, 0.4) is 0 Å². The van der Waals surface area contributed by atoms with Gasteiger partial charge < -0.3 is 10.1 Å². The lowest BCUT2D eigenvalue weighted by Crippen LogP contribution is -2.45. The second-order valence-electron chi connectivity index (χ2n) is 6.19. The van der Waals surface area contributed by atoms with Crippen LogP contribution in [0, 0.1) is 0 Å². The van der Waals surface area contributed by atoms with Crippen LogP contribution in [0.2, 0.25) is 10.0 Å². The Kier molecular flexibility index (Phi) is 7.05. The molecule has 9 heteroatoms. The Morgan fingerprint density at radius 2 is 1.90 bits per heavy atom. The first-order chi connectivity index (χ1) is 13.9. The minimum Gasteiger partial charge on any atom is -0.497 e. The summed E-state index contributed by atoms with van der Waals surface area (Å²) in [5.41, 5.74) is 1.15. The zero-order valence-electron chi connectivity index (χ0n) is 15.8. The summed E-state index contributed by atoms with van der Waals surface area (Å²) < 4.78 is 5.11. The second-order valence-corrected chi connectivity index (χ2v) is 8.23. The lowest BCUT2D eigenvalue weighted by atomic mass is 10.2. The number of nitrogens with zero attached hydrogens (tertiary/aromatic N) is 2. The monoisotopic (exact) mass is 451 g/mol. The van der Waals surface area contributed by atoms with E-state index in [9.17, 15) is 9.59 Å². The number of methoxy groups -OCH3 is 1. The average molecular weight is 452 g/mol. The molecule has 0 spiro atoms. The van der Waals surface area contributed by atoms with Gasteiger partial charge in [-0.1, -0.05) is 35.0 Å². The topological polar surface area (TPSA) is 71.0 Å². The number of thioether (sulfide) groups is 1. The summed E-state index contributed by atoms with van der Waals surface area (Å²) in [6.45, 7) is 2.31. The van der Waals surface area contributed by atoms with Crippen LogP contribution < -0.4 is 10.1 Å². The first kappa shape index (κ1) is 21.5. The van der Waals surface area contributed by atoms with Crippen molar-refractivity contribution in [2.45, 2.75) is 18.6 Å². The fourth-order valence-electron chi connectivity index (χ4n) is 2.76. The highest BCUT2D eigenvalue weighted by Gasteiger charge is 2.35. The van der Waals surface area contributed by atoms with E-state index in [2.05, 4.69) is 10.3 Å². The zero-order valence-corrected chi connectivity index (χ0v) is 18.1. The number of rotatable bonds is 5. The molecule has 6 nitrogen and oxygen atoms in total. The fourth-order valence-corrected chi connectivity index (χ4v) is 4.44. The summed E-state index contributed by atoms with van der Waals surface area (Å²) in [4.78, 5) is 31.4. The lowest BCUT2D eigenvalue weighted by molar-refractivity contribution is -0.129. The van der Waals surface area contributed by atoms with Gasteiger partial charge >= 0.3 is 0 Å². The first-order valence-electron chi connectivity index (χ1n) is 8.86. The minimum absolute atomic E-state index is 0.0931. The average Bonchev–Trinajstić information content (AvgIpc) is 2.67. The molecule has 0 saturated carbocycles. The van der Waals surface area contributed by atoms with Gasteiger partial charge in [0.15, 0.2) is 5.17 Å². The summed E-state index contributed by atoms with van der Waals surface area (Å²) in [7, 11) is 1.57. The molecule has 2 amide bonds. The number of anilines is 1. The molecule has 1 aliphatic heterocycles. The van der Waals surface area contributed by atoms with Gasteiger partial charge in [0, 0.05) is 28.7 Å². The maximum Gasteiger partial charge on any atom is 0.238 e. The van der Waals surface area contributed by atoms with Crippen LogP contribution in [0.15, 0.2) is 47.5 Å². The van der Waals surface area contributed by atoms with E-state index in [4.69, 9.17) is 27.9 Å². The molecule has 0 unspecified atom stereocenters. The van der Waals surface area contributed by atoms with Gasteiger partial charge in [-0.05, 0) is 49.4 Å². The number of carbonyl (C=O) groups excluding carboxylic acids is 2. The molecule has 1 atom stereocenters. The molecular formula is C20H19Cl2N3O3S. The highest BCUT2D eigenvalue weighted by molar-refractivity contribution is 8.15. The van der Waals surface area contributed by atoms with Crippen molar-refractivity contribution in [3.05, 3.63) is 52.5 Å². The van der Waals surface area contributed by atoms with Crippen molar-refractivity contribution >= 4 is 63.3 Å². The third-order valence-electron chi connectivity index (χ3n) is 4.18. The number of nitrogens with one attached hydrogen (secondary N) is 1. The second kappa shape index (κ2) is 9.52. The summed E-state index contributed by atoms with van der Waals surface area (Å²) in [6, 6.07) is 11.9. The molecule has 3 rings (SSSR count). The standard InChI is InChI=1S/C20H19Cl2N3O3S/c1-3-25-18(26)11-17(19(27)23-14-4-6-16(28-2)7-5-14)29-20(25)24-15-9-12(21)8-13(22)10-15/h4-10,17H,3,11H2,1-2H3,(H,23,27)/t17-/m1/s1. The molecule has 0 radical (unpaired) electrons. The van der Waals surface area contributed by atoms with Crippen molar-refractivity contribution in [3.63, 3.8) is 0 Å². The van der Waals surface area contributed by atoms with E-state index in [0.29, 0.717) is 38.9 Å². The van der Waals surface area contributed by atoms with E-state index in [0.717, 1.165) is 0 Å². The Morgan fingerprint density at radius 1 is 1.24 bits per heavy atom. The third kappa shape index (κ3) is 5.44. The van der Waals surface area contributed by atoms with Gasteiger partial charge in [0.2, 0.25) is 11.8 Å². The van der Waals surface area contributed by atoms with E-state index in [1.807, 2.05) is 6.92 Å². The van der Waals surface area contributed by atoms with E-state index < -0.39 is 5.25 Å². The Balaban J connectivity index is 1.81. The molecule has 1 heterocycles. The van der Waals surface area contributed by atoms with E-state index >= 15 is 0 Å². The largest absolute Gasteiger partial charge is 0.497 e. The van der Waals surface area contributed by atoms with Gasteiger partial charge in [-0.15, -0.1) is 0 Å². The van der Waals surface area contributed by atoms with E-state index in [1.54, 1.807) is 54.5 Å². The Morgan fingerprint density at radius 3 is 2.48 bits per heavy atom. The van der Waals surface area contributed by atoms with Crippen molar-refractivity contribution < 1.29 is 14.3 Å². The number of ether oxygens (including phenoxy) is 1. The summed E-state index contributed by atoms with van der Waals surface area (Å²) in [6.07, 6.45) is 0.0931. The molecule has 1 aliphatic rings. The normalized spacial score (nSPS) is 18.1. The first-order valence-corrected chi connectivity index (χ1v) is 10.5. The molecule has 152 valence electrons. The molecule has 0 aliphatic carbocycles. The highest BCUT2D eigenvalue weighted by atomic mass is 35.5. The molecule has 2 aromatic rings. The van der Waals surface area contributed by atoms with Crippen LogP contribution >= 0.6 is 35.0 Å².